The van der Waals surface area contributed by atoms with Crippen molar-refractivity contribution in [1.82, 2.24) is 0 Å². The van der Waals surface area contributed by atoms with Gasteiger partial charge in [-0.25, -0.2) is 4.39 Å². The van der Waals surface area contributed by atoms with Gasteiger partial charge in [-0.05, 0) is 43.5 Å². The molecule has 0 saturated heterocycles. The molecule has 108 valence electrons. The highest BCUT2D eigenvalue weighted by molar-refractivity contribution is 6.06. The van der Waals surface area contributed by atoms with E-state index in [-0.39, 0.29) is 5.56 Å². The molecule has 0 fully saturated rings. The number of carbonyl (C=O) groups excluding carboxylic acids is 1. The molecule has 0 aromatic heterocycles. The summed E-state index contributed by atoms with van der Waals surface area (Å²) in [6, 6.07) is 12.1. The number of aryl methyl sites for hydroxylation is 1. The highest BCUT2D eigenvalue weighted by Gasteiger charge is 2.19. The van der Waals surface area contributed by atoms with E-state index < -0.39 is 11.7 Å². The first-order chi connectivity index (χ1) is 10.1. The van der Waals surface area contributed by atoms with Gasteiger partial charge in [0, 0.05) is 6.04 Å². The van der Waals surface area contributed by atoms with E-state index in [1.807, 2.05) is 18.2 Å². The molecule has 0 bridgehead atoms. The van der Waals surface area contributed by atoms with E-state index in [4.69, 9.17) is 0 Å². The summed E-state index contributed by atoms with van der Waals surface area (Å²) in [4.78, 5) is 12.2. The van der Waals surface area contributed by atoms with Crippen LogP contribution in [0, 0.1) is 5.82 Å². The summed E-state index contributed by atoms with van der Waals surface area (Å²) in [5.74, 6) is -0.942. The first kappa shape index (κ1) is 13.6. The van der Waals surface area contributed by atoms with Gasteiger partial charge in [-0.15, -0.1) is 0 Å². The third-order valence-electron chi connectivity index (χ3n) is 3.75. The minimum absolute atomic E-state index is 0.0546. The molecule has 2 N–H and O–H groups in total. The van der Waals surface area contributed by atoms with Crippen LogP contribution in [0.15, 0.2) is 42.5 Å². The molecule has 2 aromatic rings. The Balaban J connectivity index is 1.89. The Hall–Kier alpha value is -2.36. The van der Waals surface area contributed by atoms with Crippen molar-refractivity contribution in [3.05, 3.63) is 59.4 Å². The molecule has 2 aromatic carbocycles. The Labute approximate surface area is 123 Å². The summed E-state index contributed by atoms with van der Waals surface area (Å²) in [7, 11) is 0. The quantitative estimate of drug-likeness (QED) is 0.880. The summed E-state index contributed by atoms with van der Waals surface area (Å²) in [6.07, 6.45) is 2.05. The van der Waals surface area contributed by atoms with E-state index in [0.717, 1.165) is 18.5 Å². The second-order valence-corrected chi connectivity index (χ2v) is 5.36. The third-order valence-corrected chi connectivity index (χ3v) is 3.75. The lowest BCUT2D eigenvalue weighted by molar-refractivity contribution is 0.102. The molecule has 1 heterocycles. The van der Waals surface area contributed by atoms with Crippen LogP contribution in [0.4, 0.5) is 15.8 Å². The fourth-order valence-corrected chi connectivity index (χ4v) is 2.61. The lowest BCUT2D eigenvalue weighted by Crippen LogP contribution is -2.24. The number of benzene rings is 2. The van der Waals surface area contributed by atoms with Gasteiger partial charge in [0.05, 0.1) is 16.9 Å². The molecule has 1 atom stereocenters. The first-order valence-corrected chi connectivity index (χ1v) is 7.09. The molecule has 21 heavy (non-hydrogen) atoms. The molecule has 0 spiro atoms. The van der Waals surface area contributed by atoms with Crippen LogP contribution in [-0.2, 0) is 6.42 Å². The predicted octanol–water partition coefficient (Wildman–Crippen LogP) is 3.82. The van der Waals surface area contributed by atoms with Crippen LogP contribution >= 0.6 is 0 Å². The predicted molar refractivity (Wildman–Crippen MR) is 82.2 cm³/mol. The first-order valence-electron chi connectivity index (χ1n) is 7.09. The second kappa shape index (κ2) is 5.56. The van der Waals surface area contributed by atoms with E-state index in [9.17, 15) is 9.18 Å². The Morgan fingerprint density at radius 1 is 1.24 bits per heavy atom. The highest BCUT2D eigenvalue weighted by Crippen LogP contribution is 2.32. The summed E-state index contributed by atoms with van der Waals surface area (Å²) in [5.41, 5.74) is 2.88. The van der Waals surface area contributed by atoms with Crippen LogP contribution in [0.5, 0.6) is 0 Å². The summed E-state index contributed by atoms with van der Waals surface area (Å²) >= 11 is 0. The van der Waals surface area contributed by atoms with Gasteiger partial charge >= 0.3 is 0 Å². The van der Waals surface area contributed by atoms with E-state index in [0.29, 0.717) is 11.7 Å². The molecule has 1 aliphatic heterocycles. The molecular formula is C17H17FN2O. The minimum atomic E-state index is -0.513. The van der Waals surface area contributed by atoms with Gasteiger partial charge in [-0.2, -0.15) is 0 Å². The Bertz CT molecular complexity index is 684. The fourth-order valence-electron chi connectivity index (χ4n) is 2.61. The number of hydrogen-bond acceptors (Lipinski definition) is 2. The van der Waals surface area contributed by atoms with E-state index in [1.54, 1.807) is 12.1 Å². The number of halogens is 1. The van der Waals surface area contributed by atoms with Crippen molar-refractivity contribution in [2.75, 3.05) is 10.6 Å². The van der Waals surface area contributed by atoms with Crippen LogP contribution in [-0.4, -0.2) is 11.9 Å². The summed E-state index contributed by atoms with van der Waals surface area (Å²) in [5, 5.41) is 6.20. The minimum Gasteiger partial charge on any atom is -0.381 e. The maximum absolute atomic E-state index is 13.7. The standard InChI is InChI=1S/C17H17FN2O/c1-11-9-10-12-5-4-8-15(16(12)19-11)20-17(21)13-6-2-3-7-14(13)18/h2-8,11,19H,9-10H2,1H3,(H,20,21). The zero-order valence-electron chi connectivity index (χ0n) is 11.8. The van der Waals surface area contributed by atoms with E-state index in [1.165, 1.54) is 17.7 Å². The monoisotopic (exact) mass is 284 g/mol. The molecule has 0 radical (unpaired) electrons. The number of hydrogen-bond donors (Lipinski definition) is 2. The smallest absolute Gasteiger partial charge is 0.258 e. The number of nitrogens with one attached hydrogen (secondary N) is 2. The van der Waals surface area contributed by atoms with E-state index in [2.05, 4.69) is 17.6 Å². The Kier molecular flexibility index (Phi) is 3.60. The van der Waals surface area contributed by atoms with Crippen molar-refractivity contribution in [3.63, 3.8) is 0 Å². The van der Waals surface area contributed by atoms with Gasteiger partial charge in [0.25, 0.3) is 5.91 Å². The number of amides is 1. The van der Waals surface area contributed by atoms with Crippen LogP contribution in [0.3, 0.4) is 0 Å². The molecule has 1 amide bonds. The average Bonchev–Trinajstić information content (AvgIpc) is 2.48. The second-order valence-electron chi connectivity index (χ2n) is 5.36. The Morgan fingerprint density at radius 3 is 2.86 bits per heavy atom. The lowest BCUT2D eigenvalue weighted by atomic mass is 9.98. The van der Waals surface area contributed by atoms with Gasteiger partial charge in [0.1, 0.15) is 5.82 Å². The van der Waals surface area contributed by atoms with Crippen molar-refractivity contribution in [2.45, 2.75) is 25.8 Å². The fraction of sp³-hybridized carbons (Fsp3) is 0.235. The normalized spacial score (nSPS) is 16.8. The molecule has 1 unspecified atom stereocenters. The van der Waals surface area contributed by atoms with Gasteiger partial charge < -0.3 is 10.6 Å². The molecule has 4 heteroatoms. The number of para-hydroxylation sites is 1. The van der Waals surface area contributed by atoms with Gasteiger partial charge in [0.15, 0.2) is 0 Å². The van der Waals surface area contributed by atoms with Gasteiger partial charge in [-0.1, -0.05) is 24.3 Å². The van der Waals surface area contributed by atoms with Crippen molar-refractivity contribution in [1.29, 1.82) is 0 Å². The maximum atomic E-state index is 13.7. The topological polar surface area (TPSA) is 41.1 Å². The number of anilines is 2. The summed E-state index contributed by atoms with van der Waals surface area (Å²) < 4.78 is 13.7. The molecule has 0 saturated carbocycles. The van der Waals surface area contributed by atoms with Crippen LogP contribution in [0.1, 0.15) is 29.3 Å². The van der Waals surface area contributed by atoms with E-state index >= 15 is 0 Å². The van der Waals surface area contributed by atoms with Crippen LogP contribution in [0.2, 0.25) is 0 Å². The number of carbonyl (C=O) groups is 1. The molecule has 3 nitrogen and oxygen atoms in total. The van der Waals surface area contributed by atoms with Crippen molar-refractivity contribution < 1.29 is 9.18 Å². The van der Waals surface area contributed by atoms with Crippen molar-refractivity contribution in [2.24, 2.45) is 0 Å². The van der Waals surface area contributed by atoms with Crippen LogP contribution in [0.25, 0.3) is 0 Å². The van der Waals surface area contributed by atoms with Gasteiger partial charge in [0.2, 0.25) is 0 Å². The molecular weight excluding hydrogens is 267 g/mol. The van der Waals surface area contributed by atoms with Crippen LogP contribution < -0.4 is 10.6 Å². The lowest BCUT2D eigenvalue weighted by Gasteiger charge is -2.26. The SMILES string of the molecule is CC1CCc2cccc(NC(=O)c3ccccc3F)c2N1. The molecule has 1 aliphatic rings. The molecule has 3 rings (SSSR count). The number of fused-ring (bicyclic) bond motifs is 1. The Morgan fingerprint density at radius 2 is 2.05 bits per heavy atom. The summed E-state index contributed by atoms with van der Waals surface area (Å²) in [6.45, 7) is 2.11. The maximum Gasteiger partial charge on any atom is 0.258 e. The highest BCUT2D eigenvalue weighted by atomic mass is 19.1. The van der Waals surface area contributed by atoms with Crippen molar-refractivity contribution >= 4 is 17.3 Å². The number of rotatable bonds is 2. The van der Waals surface area contributed by atoms with Gasteiger partial charge in [-0.3, -0.25) is 4.79 Å². The van der Waals surface area contributed by atoms with Crippen molar-refractivity contribution in [3.8, 4) is 0 Å². The zero-order valence-corrected chi connectivity index (χ0v) is 11.8. The average molecular weight is 284 g/mol. The molecule has 0 aliphatic carbocycles. The zero-order chi connectivity index (χ0) is 14.8. The largest absolute Gasteiger partial charge is 0.381 e. The third kappa shape index (κ3) is 2.75.